The predicted molar refractivity (Wildman–Crippen MR) is 206 cm³/mol. The van der Waals surface area contributed by atoms with E-state index >= 15 is 0 Å². The number of allylic oxidation sites excluding steroid dienone is 3. The molecule has 49 heavy (non-hydrogen) atoms. The number of rotatable bonds is 12. The average molecular weight is 682 g/mol. The van der Waals surface area contributed by atoms with Crippen LogP contribution in [0.4, 0.5) is 11.4 Å². The molecule has 0 fully saturated rings. The monoisotopic (exact) mass is 681 g/mol. The Morgan fingerprint density at radius 1 is 0.612 bits per heavy atom. The van der Waals surface area contributed by atoms with Gasteiger partial charge < -0.3 is 14.9 Å². The van der Waals surface area contributed by atoms with Crippen LogP contribution in [0.25, 0.3) is 16.3 Å². The fraction of sp³-hybridized carbons (Fsp3) is 0.317. The molecule has 5 rings (SSSR count). The van der Waals surface area contributed by atoms with Gasteiger partial charge in [0.2, 0.25) is 0 Å². The summed E-state index contributed by atoms with van der Waals surface area (Å²) in [6.45, 7) is 19.5. The zero-order valence-corrected chi connectivity index (χ0v) is 30.5. The summed E-state index contributed by atoms with van der Waals surface area (Å²) in [7, 11) is -4.17. The normalized spacial score (nSPS) is 14.1. The maximum absolute atomic E-state index is 10.8. The van der Waals surface area contributed by atoms with Crippen molar-refractivity contribution in [2.24, 2.45) is 0 Å². The van der Waals surface area contributed by atoms with Crippen molar-refractivity contribution >= 4 is 37.8 Å². The van der Waals surface area contributed by atoms with Crippen LogP contribution < -0.4 is 9.80 Å². The molecular weight excluding hydrogens is 631 g/mol. The summed E-state index contributed by atoms with van der Waals surface area (Å²) < 4.78 is 30.5. The van der Waals surface area contributed by atoms with Gasteiger partial charge in [-0.3, -0.25) is 9.45 Å². The molecule has 0 saturated carbocycles. The molecule has 0 aliphatic heterocycles. The van der Waals surface area contributed by atoms with E-state index in [-0.39, 0.29) is 10.6 Å². The SMILES string of the molecule is CCN(CC)c1ccc(C(=C2C=CC(N(CC)CC)C=C2)c2ccc(N(CC)CC)cc2)cc1.O=S(=O)(O)c1ccc2cc(O)ccc2c1. The van der Waals surface area contributed by atoms with Crippen LogP contribution in [-0.4, -0.2) is 68.3 Å². The summed E-state index contributed by atoms with van der Waals surface area (Å²) in [5.41, 5.74) is 7.66. The molecule has 0 unspecified atom stereocenters. The minimum atomic E-state index is -4.17. The van der Waals surface area contributed by atoms with Crippen molar-refractivity contribution < 1.29 is 18.1 Å². The van der Waals surface area contributed by atoms with Crippen LogP contribution in [0.1, 0.15) is 52.7 Å². The number of likely N-dealkylation sites (N-methyl/N-ethyl adjacent to an activating group) is 1. The molecule has 0 atom stereocenters. The summed E-state index contributed by atoms with van der Waals surface area (Å²) in [6, 6.07) is 27.3. The Labute approximate surface area is 293 Å². The Balaban J connectivity index is 0.000000299. The Morgan fingerprint density at radius 2 is 1.06 bits per heavy atom. The summed E-state index contributed by atoms with van der Waals surface area (Å²) >= 11 is 0. The zero-order chi connectivity index (χ0) is 35.6. The van der Waals surface area contributed by atoms with Crippen LogP contribution in [-0.2, 0) is 10.1 Å². The smallest absolute Gasteiger partial charge is 0.294 e. The summed E-state index contributed by atoms with van der Waals surface area (Å²) in [6.07, 6.45) is 9.32. The number of phenols is 1. The van der Waals surface area contributed by atoms with Gasteiger partial charge in [-0.1, -0.05) is 74.5 Å². The molecule has 8 heteroatoms. The van der Waals surface area contributed by atoms with E-state index in [1.807, 2.05) is 0 Å². The van der Waals surface area contributed by atoms with E-state index in [0.717, 1.165) is 39.3 Å². The van der Waals surface area contributed by atoms with E-state index in [1.165, 1.54) is 64.0 Å². The van der Waals surface area contributed by atoms with Crippen LogP contribution in [0, 0.1) is 0 Å². The first-order chi connectivity index (χ1) is 23.6. The van der Waals surface area contributed by atoms with Crippen LogP contribution in [0.2, 0.25) is 0 Å². The highest BCUT2D eigenvalue weighted by Crippen LogP contribution is 2.33. The molecule has 4 aromatic carbocycles. The number of hydrogen-bond acceptors (Lipinski definition) is 6. The number of fused-ring (bicyclic) bond motifs is 1. The highest BCUT2D eigenvalue weighted by atomic mass is 32.2. The van der Waals surface area contributed by atoms with Crippen molar-refractivity contribution in [1.29, 1.82) is 0 Å². The third-order valence-electron chi connectivity index (χ3n) is 9.13. The number of phenolic OH excluding ortho intramolecular Hbond substituents is 1. The van der Waals surface area contributed by atoms with Gasteiger partial charge in [0.25, 0.3) is 10.1 Å². The number of anilines is 2. The minimum Gasteiger partial charge on any atom is -0.508 e. The highest BCUT2D eigenvalue weighted by Gasteiger charge is 2.16. The largest absolute Gasteiger partial charge is 0.508 e. The fourth-order valence-corrected chi connectivity index (χ4v) is 6.82. The summed E-state index contributed by atoms with van der Waals surface area (Å²) in [5.74, 6) is 0.113. The van der Waals surface area contributed by atoms with Crippen LogP contribution in [0.15, 0.2) is 120 Å². The van der Waals surface area contributed by atoms with Gasteiger partial charge in [-0.25, -0.2) is 0 Å². The number of nitrogens with zero attached hydrogens (tertiary/aromatic N) is 3. The van der Waals surface area contributed by atoms with Crippen LogP contribution in [0.5, 0.6) is 5.75 Å². The van der Waals surface area contributed by atoms with Crippen molar-refractivity contribution in [3.8, 4) is 5.75 Å². The standard InChI is InChI=1S/C31H43N3.C10H8O4S/c1-7-32(8-2)28-19-13-25(14-20-28)31(26-15-21-29(22-16-26)33(9-3)10-4)27-17-23-30(24-18-27)34(11-5)12-6;11-9-3-1-8-6-10(15(12,13)14)4-2-7(8)5-9/h13-24,28H,7-12H2,1-6H3;1-6,11H,(H,12,13,14). The first kappa shape index (κ1) is 37.4. The second-order valence-corrected chi connectivity index (χ2v) is 13.3. The number of benzene rings is 4. The van der Waals surface area contributed by atoms with Gasteiger partial charge in [0.1, 0.15) is 5.75 Å². The van der Waals surface area contributed by atoms with Gasteiger partial charge in [-0.15, -0.1) is 0 Å². The second kappa shape index (κ2) is 17.3. The molecule has 0 radical (unpaired) electrons. The Morgan fingerprint density at radius 3 is 1.49 bits per heavy atom. The molecule has 260 valence electrons. The lowest BCUT2D eigenvalue weighted by molar-refractivity contribution is 0.287. The van der Waals surface area contributed by atoms with Gasteiger partial charge in [-0.2, -0.15) is 8.42 Å². The molecule has 1 aliphatic rings. The molecular formula is C41H51N3O4S. The molecule has 0 bridgehead atoms. The number of hydrogen-bond donors (Lipinski definition) is 2. The van der Waals surface area contributed by atoms with E-state index in [1.54, 1.807) is 6.07 Å². The van der Waals surface area contributed by atoms with Crippen LogP contribution >= 0.6 is 0 Å². The third kappa shape index (κ3) is 9.41. The Hall–Kier alpha value is -4.37. The topological polar surface area (TPSA) is 84.3 Å². The first-order valence-corrected chi connectivity index (χ1v) is 18.8. The van der Waals surface area contributed by atoms with E-state index in [9.17, 15) is 13.5 Å². The molecule has 2 N–H and O–H groups in total. The second-order valence-electron chi connectivity index (χ2n) is 11.9. The van der Waals surface area contributed by atoms with Gasteiger partial charge in [0, 0.05) is 43.6 Å². The lowest BCUT2D eigenvalue weighted by atomic mass is 9.90. The van der Waals surface area contributed by atoms with Gasteiger partial charge >= 0.3 is 0 Å². The molecule has 0 heterocycles. The van der Waals surface area contributed by atoms with Crippen LogP contribution in [0.3, 0.4) is 0 Å². The molecule has 0 saturated heterocycles. The minimum absolute atomic E-state index is 0.113. The lowest BCUT2D eigenvalue weighted by Gasteiger charge is -2.27. The van der Waals surface area contributed by atoms with Crippen molar-refractivity contribution in [2.45, 2.75) is 52.5 Å². The van der Waals surface area contributed by atoms with E-state index in [0.29, 0.717) is 16.8 Å². The molecule has 7 nitrogen and oxygen atoms in total. The van der Waals surface area contributed by atoms with Crippen molar-refractivity contribution in [3.05, 3.63) is 126 Å². The van der Waals surface area contributed by atoms with E-state index in [2.05, 4.69) is 129 Å². The van der Waals surface area contributed by atoms with E-state index in [4.69, 9.17) is 4.55 Å². The quantitative estimate of drug-likeness (QED) is 0.145. The maximum atomic E-state index is 10.8. The van der Waals surface area contributed by atoms with Gasteiger partial charge in [0.05, 0.1) is 4.90 Å². The van der Waals surface area contributed by atoms with Crippen molar-refractivity contribution in [3.63, 3.8) is 0 Å². The summed E-state index contributed by atoms with van der Waals surface area (Å²) in [5, 5.41) is 10.5. The highest BCUT2D eigenvalue weighted by molar-refractivity contribution is 7.85. The first-order valence-electron chi connectivity index (χ1n) is 17.3. The van der Waals surface area contributed by atoms with Gasteiger partial charge in [0.15, 0.2) is 0 Å². The average Bonchev–Trinajstić information content (AvgIpc) is 3.11. The lowest BCUT2D eigenvalue weighted by Crippen LogP contribution is -2.32. The fourth-order valence-electron chi connectivity index (χ4n) is 6.31. The molecule has 0 spiro atoms. The molecule has 4 aromatic rings. The van der Waals surface area contributed by atoms with E-state index < -0.39 is 10.1 Å². The summed E-state index contributed by atoms with van der Waals surface area (Å²) in [4.78, 5) is 7.11. The van der Waals surface area contributed by atoms with Gasteiger partial charge in [-0.05, 0) is 122 Å². The Kier molecular flexibility index (Phi) is 13.2. The molecule has 0 aromatic heterocycles. The molecule has 1 aliphatic carbocycles. The number of aromatic hydroxyl groups is 1. The predicted octanol–water partition coefficient (Wildman–Crippen LogP) is 8.81. The third-order valence-corrected chi connectivity index (χ3v) is 9.98. The van der Waals surface area contributed by atoms with Crippen molar-refractivity contribution in [2.75, 3.05) is 49.1 Å². The Bertz CT molecular complexity index is 1800. The maximum Gasteiger partial charge on any atom is 0.294 e. The zero-order valence-electron chi connectivity index (χ0n) is 29.7. The molecule has 0 amide bonds. The van der Waals surface area contributed by atoms with Crippen molar-refractivity contribution in [1.82, 2.24) is 4.90 Å².